The summed E-state index contributed by atoms with van der Waals surface area (Å²) in [5.41, 5.74) is 0.200. The molecule has 9 heteroatoms. The molecule has 2 N–H and O–H groups in total. The topological polar surface area (TPSA) is 48.9 Å². The molecule has 0 bridgehead atoms. The first kappa shape index (κ1) is 22.8. The van der Waals surface area contributed by atoms with E-state index >= 15 is 0 Å². The predicted molar refractivity (Wildman–Crippen MR) is 109 cm³/mol. The molecule has 1 aromatic rings. The highest BCUT2D eigenvalue weighted by Gasteiger charge is 2.31. The highest BCUT2D eigenvalue weighted by molar-refractivity contribution is 7.98. The van der Waals surface area contributed by atoms with Gasteiger partial charge in [-0.3, -0.25) is 9.89 Å². The number of alkyl halides is 3. The summed E-state index contributed by atoms with van der Waals surface area (Å²) in [6, 6.07) is 5.32. The third kappa shape index (κ3) is 7.18. The van der Waals surface area contributed by atoms with Gasteiger partial charge < -0.3 is 15.4 Å². The Morgan fingerprint density at radius 1 is 1.21 bits per heavy atom. The van der Waals surface area contributed by atoms with E-state index in [2.05, 4.69) is 20.5 Å². The minimum atomic E-state index is -4.33. The van der Waals surface area contributed by atoms with Crippen molar-refractivity contribution >= 4 is 17.7 Å². The molecule has 1 heterocycles. The first-order valence-corrected chi connectivity index (χ1v) is 10.8. The number of aliphatic imine (C=N–C) groups is 1. The Hall–Kier alpha value is -1.45. The summed E-state index contributed by atoms with van der Waals surface area (Å²) >= 11 is 1.75. The van der Waals surface area contributed by atoms with E-state index in [9.17, 15) is 13.2 Å². The second kappa shape index (κ2) is 11.5. The van der Waals surface area contributed by atoms with Crippen molar-refractivity contribution in [2.75, 3.05) is 57.9 Å². The first-order valence-electron chi connectivity index (χ1n) is 9.45. The quantitative estimate of drug-likeness (QED) is 0.386. The molecule has 0 aromatic heterocycles. The second-order valence-corrected chi connectivity index (χ2v) is 7.41. The van der Waals surface area contributed by atoms with E-state index in [0.29, 0.717) is 19.8 Å². The zero-order valence-electron chi connectivity index (χ0n) is 16.4. The number of benzene rings is 1. The van der Waals surface area contributed by atoms with E-state index in [0.717, 1.165) is 55.6 Å². The van der Waals surface area contributed by atoms with Crippen LogP contribution in [0.15, 0.2) is 29.3 Å². The molecule has 5 nitrogen and oxygen atoms in total. The van der Waals surface area contributed by atoms with Crippen LogP contribution in [0.4, 0.5) is 13.2 Å². The van der Waals surface area contributed by atoms with Crippen LogP contribution in [0.1, 0.15) is 24.1 Å². The second-order valence-electron chi connectivity index (χ2n) is 6.42. The van der Waals surface area contributed by atoms with Crippen molar-refractivity contribution in [3.05, 3.63) is 35.4 Å². The lowest BCUT2D eigenvalue weighted by Gasteiger charge is -2.34. The number of hydrogen-bond donors (Lipinski definition) is 2. The van der Waals surface area contributed by atoms with Crippen LogP contribution in [0, 0.1) is 0 Å². The van der Waals surface area contributed by atoms with Gasteiger partial charge in [-0.15, -0.1) is 0 Å². The van der Waals surface area contributed by atoms with Crippen LogP contribution in [0.3, 0.4) is 0 Å². The highest BCUT2D eigenvalue weighted by Crippen LogP contribution is 2.31. The number of nitrogens with zero attached hydrogens (tertiary/aromatic N) is 2. The molecule has 1 aliphatic heterocycles. The lowest BCUT2D eigenvalue weighted by Crippen LogP contribution is -2.42. The van der Waals surface area contributed by atoms with Gasteiger partial charge in [-0.1, -0.05) is 12.1 Å². The van der Waals surface area contributed by atoms with E-state index in [1.807, 2.05) is 13.2 Å². The normalized spacial score (nSPS) is 17.4. The third-order valence-corrected chi connectivity index (χ3v) is 5.09. The molecule has 1 saturated heterocycles. The van der Waals surface area contributed by atoms with Crippen molar-refractivity contribution in [1.82, 2.24) is 15.5 Å². The molecule has 1 unspecified atom stereocenters. The molecule has 0 saturated carbocycles. The average molecular weight is 419 g/mol. The van der Waals surface area contributed by atoms with Crippen molar-refractivity contribution in [2.24, 2.45) is 4.99 Å². The molecule has 1 aromatic carbocycles. The Bertz CT molecular complexity index is 604. The number of morpholine rings is 1. The predicted octanol–water partition coefficient (Wildman–Crippen LogP) is 3.00. The van der Waals surface area contributed by atoms with Crippen LogP contribution in [-0.4, -0.2) is 68.8 Å². The van der Waals surface area contributed by atoms with E-state index in [-0.39, 0.29) is 6.04 Å². The summed E-state index contributed by atoms with van der Waals surface area (Å²) in [6.07, 6.45) is -2.28. The molecule has 1 aliphatic rings. The van der Waals surface area contributed by atoms with Crippen LogP contribution in [-0.2, 0) is 10.9 Å². The zero-order chi connectivity index (χ0) is 20.4. The molecule has 0 spiro atoms. The zero-order valence-corrected chi connectivity index (χ0v) is 17.2. The Labute approximate surface area is 169 Å². The number of rotatable bonds is 8. The summed E-state index contributed by atoms with van der Waals surface area (Å²) in [5, 5.41) is 6.50. The van der Waals surface area contributed by atoms with Gasteiger partial charge >= 0.3 is 6.18 Å². The monoisotopic (exact) mass is 418 g/mol. The fourth-order valence-corrected chi connectivity index (χ4v) is 3.31. The minimum absolute atomic E-state index is 0.0952. The highest BCUT2D eigenvalue weighted by atomic mass is 32.2. The molecule has 0 radical (unpaired) electrons. The summed E-state index contributed by atoms with van der Waals surface area (Å²) < 4.78 is 44.1. The number of guanidine groups is 1. The van der Waals surface area contributed by atoms with Gasteiger partial charge in [0.15, 0.2) is 5.96 Å². The van der Waals surface area contributed by atoms with Crippen molar-refractivity contribution < 1.29 is 17.9 Å². The largest absolute Gasteiger partial charge is 0.416 e. The van der Waals surface area contributed by atoms with Crippen LogP contribution < -0.4 is 10.6 Å². The molecule has 0 amide bonds. The smallest absolute Gasteiger partial charge is 0.379 e. The van der Waals surface area contributed by atoms with Crippen molar-refractivity contribution in [3.63, 3.8) is 0 Å². The summed E-state index contributed by atoms with van der Waals surface area (Å²) in [7, 11) is 0. The van der Waals surface area contributed by atoms with Gasteiger partial charge in [-0.05, 0) is 30.9 Å². The molecule has 0 aliphatic carbocycles. The maximum atomic E-state index is 12.9. The molecule has 2 rings (SSSR count). The Balaban J connectivity index is 2.17. The van der Waals surface area contributed by atoms with Gasteiger partial charge in [0.25, 0.3) is 0 Å². The van der Waals surface area contributed by atoms with E-state index < -0.39 is 11.7 Å². The Morgan fingerprint density at radius 2 is 1.89 bits per heavy atom. The molecular weight excluding hydrogens is 389 g/mol. The van der Waals surface area contributed by atoms with Gasteiger partial charge in [-0.2, -0.15) is 24.9 Å². The van der Waals surface area contributed by atoms with Gasteiger partial charge in [-0.25, -0.2) is 0 Å². The number of halogens is 3. The van der Waals surface area contributed by atoms with E-state index in [4.69, 9.17) is 4.74 Å². The number of ether oxygens (including phenoxy) is 1. The average Bonchev–Trinajstić information content (AvgIpc) is 2.69. The van der Waals surface area contributed by atoms with E-state index in [1.54, 1.807) is 23.9 Å². The van der Waals surface area contributed by atoms with E-state index in [1.165, 1.54) is 0 Å². The van der Waals surface area contributed by atoms with Crippen LogP contribution >= 0.6 is 11.8 Å². The van der Waals surface area contributed by atoms with Gasteiger partial charge in [0, 0.05) is 31.9 Å². The number of hydrogen-bond acceptors (Lipinski definition) is 4. The molecule has 158 valence electrons. The Kier molecular flexibility index (Phi) is 9.40. The van der Waals surface area contributed by atoms with Crippen LogP contribution in [0.5, 0.6) is 0 Å². The Morgan fingerprint density at radius 3 is 2.46 bits per heavy atom. The van der Waals surface area contributed by atoms with Crippen molar-refractivity contribution in [3.8, 4) is 0 Å². The summed E-state index contributed by atoms with van der Waals surface area (Å²) in [5.74, 6) is 1.69. The minimum Gasteiger partial charge on any atom is -0.379 e. The standard InChI is InChI=1S/C19H29F3N4OS/c1-3-23-18(24-8-13-28-2)25-14-17(26-9-11-27-12-10-26)15-4-6-16(7-5-15)19(20,21)22/h4-7,17H,3,8-14H2,1-2H3,(H2,23,24,25). The van der Waals surface area contributed by atoms with Crippen LogP contribution in [0.2, 0.25) is 0 Å². The lowest BCUT2D eigenvalue weighted by atomic mass is 10.0. The fourth-order valence-electron chi connectivity index (χ4n) is 3.01. The molecule has 28 heavy (non-hydrogen) atoms. The maximum Gasteiger partial charge on any atom is 0.416 e. The summed E-state index contributed by atoms with van der Waals surface area (Å²) in [4.78, 5) is 6.91. The van der Waals surface area contributed by atoms with Crippen molar-refractivity contribution in [1.29, 1.82) is 0 Å². The van der Waals surface area contributed by atoms with Gasteiger partial charge in [0.05, 0.1) is 31.4 Å². The lowest BCUT2D eigenvalue weighted by molar-refractivity contribution is -0.137. The molecular formula is C19H29F3N4OS. The van der Waals surface area contributed by atoms with Gasteiger partial charge in [0.2, 0.25) is 0 Å². The number of nitrogens with one attached hydrogen (secondary N) is 2. The van der Waals surface area contributed by atoms with Gasteiger partial charge in [0.1, 0.15) is 0 Å². The summed E-state index contributed by atoms with van der Waals surface area (Å²) in [6.45, 7) is 6.71. The van der Waals surface area contributed by atoms with Crippen LogP contribution in [0.25, 0.3) is 0 Å². The van der Waals surface area contributed by atoms with Crippen molar-refractivity contribution in [2.45, 2.75) is 19.1 Å². The number of thioether (sulfide) groups is 1. The molecule has 1 fully saturated rings. The molecule has 1 atom stereocenters. The third-order valence-electron chi connectivity index (χ3n) is 4.47. The first-order chi connectivity index (χ1) is 13.5. The SMILES string of the molecule is CCNC(=NCC(c1ccc(C(F)(F)F)cc1)N1CCOCC1)NCCSC. The maximum absolute atomic E-state index is 12.9. The fraction of sp³-hybridized carbons (Fsp3) is 0.632.